The van der Waals surface area contributed by atoms with Crippen molar-refractivity contribution in [1.29, 1.82) is 0 Å². The molecule has 0 aromatic heterocycles. The lowest BCUT2D eigenvalue weighted by molar-refractivity contribution is -0.116. The lowest BCUT2D eigenvalue weighted by atomic mass is 10.1. The van der Waals surface area contributed by atoms with E-state index in [1.807, 2.05) is 0 Å². The van der Waals surface area contributed by atoms with Crippen LogP contribution >= 0.6 is 0 Å². The van der Waals surface area contributed by atoms with Gasteiger partial charge in [-0.25, -0.2) is 4.39 Å². The van der Waals surface area contributed by atoms with Gasteiger partial charge >= 0.3 is 0 Å². The molecule has 0 aliphatic rings. The molecule has 0 saturated carbocycles. The second-order valence-corrected chi connectivity index (χ2v) is 2.96. The minimum absolute atomic E-state index is 0.0168. The summed E-state index contributed by atoms with van der Waals surface area (Å²) < 4.78 is 18.0. The first kappa shape index (κ1) is 10.5. The summed E-state index contributed by atoms with van der Waals surface area (Å²) in [4.78, 5) is 10.8. The van der Waals surface area contributed by atoms with E-state index >= 15 is 0 Å². The third kappa shape index (κ3) is 2.02. The molecule has 1 aromatic carbocycles. The number of hydrogen-bond donors (Lipinski definition) is 1. The third-order valence-corrected chi connectivity index (χ3v) is 1.83. The molecule has 0 unspecified atom stereocenters. The highest BCUT2D eigenvalue weighted by Gasteiger charge is 2.14. The SMILES string of the molecule is COc1ccc(F)c(CC(C)=O)c1O. The van der Waals surface area contributed by atoms with Gasteiger partial charge in [-0.05, 0) is 19.1 Å². The number of Topliss-reactive ketones (excluding diaryl/α,β-unsaturated/α-hetero) is 1. The number of ether oxygens (including phenoxy) is 1. The smallest absolute Gasteiger partial charge is 0.164 e. The summed E-state index contributed by atoms with van der Waals surface area (Å²) in [7, 11) is 1.37. The van der Waals surface area contributed by atoms with Crippen molar-refractivity contribution in [2.24, 2.45) is 0 Å². The third-order valence-electron chi connectivity index (χ3n) is 1.83. The molecule has 76 valence electrons. The Morgan fingerprint density at radius 1 is 1.57 bits per heavy atom. The van der Waals surface area contributed by atoms with Gasteiger partial charge in [-0.15, -0.1) is 0 Å². The lowest BCUT2D eigenvalue weighted by Gasteiger charge is -2.08. The average molecular weight is 198 g/mol. The molecule has 1 rings (SSSR count). The van der Waals surface area contributed by atoms with Crippen LogP contribution in [0, 0.1) is 5.82 Å². The van der Waals surface area contributed by atoms with E-state index in [9.17, 15) is 14.3 Å². The van der Waals surface area contributed by atoms with Gasteiger partial charge in [-0.1, -0.05) is 0 Å². The predicted molar refractivity (Wildman–Crippen MR) is 49.0 cm³/mol. The van der Waals surface area contributed by atoms with E-state index in [2.05, 4.69) is 0 Å². The lowest BCUT2D eigenvalue weighted by Crippen LogP contribution is -2.01. The number of aromatic hydroxyl groups is 1. The first-order valence-electron chi connectivity index (χ1n) is 4.10. The van der Waals surface area contributed by atoms with E-state index in [-0.39, 0.29) is 29.3 Å². The van der Waals surface area contributed by atoms with Crippen LogP contribution < -0.4 is 4.74 Å². The Bertz CT molecular complexity index is 361. The molecule has 1 N–H and O–H groups in total. The van der Waals surface area contributed by atoms with E-state index in [4.69, 9.17) is 4.74 Å². The van der Waals surface area contributed by atoms with Gasteiger partial charge < -0.3 is 9.84 Å². The molecule has 0 aliphatic heterocycles. The summed E-state index contributed by atoms with van der Waals surface area (Å²) in [5, 5.41) is 9.50. The highest BCUT2D eigenvalue weighted by molar-refractivity contribution is 5.79. The summed E-state index contributed by atoms with van der Waals surface area (Å²) in [6.45, 7) is 1.33. The standard InChI is InChI=1S/C10H11FO3/c1-6(12)5-7-8(11)3-4-9(14-2)10(7)13/h3-4,13H,5H2,1-2H3. The van der Waals surface area contributed by atoms with E-state index in [0.29, 0.717) is 0 Å². The minimum Gasteiger partial charge on any atom is -0.504 e. The number of benzene rings is 1. The summed E-state index contributed by atoms with van der Waals surface area (Å²) >= 11 is 0. The van der Waals surface area contributed by atoms with Crippen LogP contribution in [0.1, 0.15) is 12.5 Å². The van der Waals surface area contributed by atoms with Crippen molar-refractivity contribution < 1.29 is 19.0 Å². The molecule has 1 aromatic rings. The van der Waals surface area contributed by atoms with Crippen molar-refractivity contribution in [2.75, 3.05) is 7.11 Å². The number of phenolic OH excluding ortho intramolecular Hbond substituents is 1. The van der Waals surface area contributed by atoms with Gasteiger partial charge in [0, 0.05) is 12.0 Å². The predicted octanol–water partition coefficient (Wildman–Crippen LogP) is 1.67. The second kappa shape index (κ2) is 4.09. The van der Waals surface area contributed by atoms with Crippen LogP contribution in [0.15, 0.2) is 12.1 Å². The molecule has 0 spiro atoms. The number of ketones is 1. The maximum Gasteiger partial charge on any atom is 0.164 e. The van der Waals surface area contributed by atoms with Gasteiger partial charge in [0.1, 0.15) is 11.6 Å². The van der Waals surface area contributed by atoms with Crippen molar-refractivity contribution in [3.05, 3.63) is 23.5 Å². The number of methoxy groups -OCH3 is 1. The normalized spacial score (nSPS) is 9.93. The maximum absolute atomic E-state index is 13.2. The Balaban J connectivity index is 3.18. The van der Waals surface area contributed by atoms with Crippen LogP contribution in [0.5, 0.6) is 11.5 Å². The summed E-state index contributed by atoms with van der Waals surface area (Å²) in [6.07, 6.45) is -0.130. The number of carbonyl (C=O) groups is 1. The molecule has 14 heavy (non-hydrogen) atoms. The highest BCUT2D eigenvalue weighted by atomic mass is 19.1. The van der Waals surface area contributed by atoms with E-state index in [0.717, 1.165) is 6.07 Å². The molecule has 0 saturated heterocycles. The molecule has 3 nitrogen and oxygen atoms in total. The van der Waals surface area contributed by atoms with Crippen LogP contribution in [0.3, 0.4) is 0 Å². The zero-order valence-electron chi connectivity index (χ0n) is 8.00. The Morgan fingerprint density at radius 3 is 2.71 bits per heavy atom. The van der Waals surface area contributed by atoms with Crippen LogP contribution in [0.25, 0.3) is 0 Å². The van der Waals surface area contributed by atoms with Crippen molar-refractivity contribution in [3.8, 4) is 11.5 Å². The molecule has 0 heterocycles. The molecular formula is C10H11FO3. The van der Waals surface area contributed by atoms with Gasteiger partial charge in [-0.3, -0.25) is 4.79 Å². The number of phenols is 1. The minimum atomic E-state index is -0.599. The quantitative estimate of drug-likeness (QED) is 0.803. The van der Waals surface area contributed by atoms with Crippen molar-refractivity contribution in [2.45, 2.75) is 13.3 Å². The molecule has 0 atom stereocenters. The zero-order chi connectivity index (χ0) is 10.7. The van der Waals surface area contributed by atoms with Crippen LogP contribution in [0.2, 0.25) is 0 Å². The van der Waals surface area contributed by atoms with Gasteiger partial charge in [0.15, 0.2) is 11.5 Å². The van der Waals surface area contributed by atoms with Crippen LogP contribution in [-0.2, 0) is 11.2 Å². The zero-order valence-corrected chi connectivity index (χ0v) is 8.00. The maximum atomic E-state index is 13.2. The first-order valence-corrected chi connectivity index (χ1v) is 4.10. The number of rotatable bonds is 3. The number of halogens is 1. The van der Waals surface area contributed by atoms with Gasteiger partial charge in [0.05, 0.1) is 7.11 Å². The topological polar surface area (TPSA) is 46.5 Å². The van der Waals surface area contributed by atoms with Crippen LogP contribution in [0.4, 0.5) is 4.39 Å². The second-order valence-electron chi connectivity index (χ2n) is 2.96. The fraction of sp³-hybridized carbons (Fsp3) is 0.300. The summed E-state index contributed by atoms with van der Waals surface area (Å²) in [5.74, 6) is -0.948. The van der Waals surface area contributed by atoms with Crippen molar-refractivity contribution in [3.63, 3.8) is 0 Å². The summed E-state index contributed by atoms with van der Waals surface area (Å²) in [6, 6.07) is 2.48. The Labute approximate surface area is 81.1 Å². The van der Waals surface area contributed by atoms with E-state index < -0.39 is 5.82 Å². The first-order chi connectivity index (χ1) is 6.56. The van der Waals surface area contributed by atoms with Gasteiger partial charge in [0.25, 0.3) is 0 Å². The molecule has 0 aliphatic carbocycles. The Morgan fingerprint density at radius 2 is 2.21 bits per heavy atom. The molecular weight excluding hydrogens is 187 g/mol. The monoisotopic (exact) mass is 198 g/mol. The van der Waals surface area contributed by atoms with Gasteiger partial charge in [0.2, 0.25) is 0 Å². The molecule has 0 radical (unpaired) electrons. The molecule has 0 amide bonds. The van der Waals surface area contributed by atoms with Crippen molar-refractivity contribution in [1.82, 2.24) is 0 Å². The average Bonchev–Trinajstić information content (AvgIpc) is 2.12. The van der Waals surface area contributed by atoms with Gasteiger partial charge in [-0.2, -0.15) is 0 Å². The fourth-order valence-electron chi connectivity index (χ4n) is 1.17. The highest BCUT2D eigenvalue weighted by Crippen LogP contribution is 2.31. The molecule has 0 bridgehead atoms. The summed E-state index contributed by atoms with van der Waals surface area (Å²) in [5.41, 5.74) is -0.0168. The van der Waals surface area contributed by atoms with Crippen LogP contribution in [-0.4, -0.2) is 18.0 Å². The molecule has 4 heteroatoms. The Kier molecular flexibility index (Phi) is 3.06. The number of hydrogen-bond acceptors (Lipinski definition) is 3. The molecule has 0 fully saturated rings. The van der Waals surface area contributed by atoms with E-state index in [1.54, 1.807) is 0 Å². The van der Waals surface area contributed by atoms with Crippen molar-refractivity contribution >= 4 is 5.78 Å². The number of carbonyl (C=O) groups excluding carboxylic acids is 1. The largest absolute Gasteiger partial charge is 0.504 e. The fourth-order valence-corrected chi connectivity index (χ4v) is 1.17. The Hall–Kier alpha value is -1.58. The van der Waals surface area contributed by atoms with E-state index in [1.165, 1.54) is 20.1 Å².